The molecule has 30 heteroatoms. The van der Waals surface area contributed by atoms with Gasteiger partial charge in [0.2, 0.25) is 53.2 Å². The summed E-state index contributed by atoms with van der Waals surface area (Å²) in [4.78, 5) is 126. The number of carbonyl (C=O) groups excluding carboxylic acids is 11. The second kappa shape index (κ2) is 41.5. The summed E-state index contributed by atoms with van der Waals surface area (Å²) < 4.78 is 80.0. The molecule has 3 aromatic rings. The number of imide groups is 5. The number of aliphatic hydroxyl groups is 2. The Balaban J connectivity index is 0.000000439. The number of benzene rings is 3. The van der Waals surface area contributed by atoms with Gasteiger partial charge in [-0.2, -0.15) is 13.2 Å². The Kier molecular flexibility index (Phi) is 37.4. The van der Waals surface area contributed by atoms with Crippen LogP contribution < -0.4 is 31.5 Å². The predicted molar refractivity (Wildman–Crippen MR) is 431 cm³/mol. The molecular formula is C82H118F6I2N6O16. The van der Waals surface area contributed by atoms with E-state index in [0.717, 1.165) is 86.3 Å². The monoisotopic (exact) mass is 1810 g/mol. The third-order valence-electron chi connectivity index (χ3n) is 22.7. The van der Waals surface area contributed by atoms with E-state index in [1.165, 1.54) is 30.7 Å². The minimum absolute atomic E-state index is 0.00810. The molecule has 22 nitrogen and oxygen atoms in total. The molecule has 628 valence electrons. The van der Waals surface area contributed by atoms with E-state index in [0.29, 0.717) is 69.0 Å². The van der Waals surface area contributed by atoms with Crippen LogP contribution in [-0.2, 0) is 58.3 Å². The maximum atomic E-state index is 13.4. The summed E-state index contributed by atoms with van der Waals surface area (Å²) in [6.45, 7) is 37.8. The lowest BCUT2D eigenvalue weighted by atomic mass is 9.75. The van der Waals surface area contributed by atoms with Gasteiger partial charge >= 0.3 is 6.18 Å². The summed E-state index contributed by atoms with van der Waals surface area (Å²) in [6, 6.07) is 13.5. The largest absolute Gasteiger partial charge is 0.508 e. The van der Waals surface area contributed by atoms with Crippen molar-refractivity contribution in [3.63, 3.8) is 0 Å². The molecule has 13 unspecified atom stereocenters. The van der Waals surface area contributed by atoms with Crippen LogP contribution in [0.1, 0.15) is 270 Å². The number of carbonyl (C=O) groups is 11. The third-order valence-corrected chi connectivity index (χ3v) is 24.4. The first-order valence-corrected chi connectivity index (χ1v) is 40.1. The van der Waals surface area contributed by atoms with Gasteiger partial charge in [0.05, 0.1) is 29.1 Å². The molecule has 9 rings (SSSR count). The Morgan fingerprint density at radius 1 is 0.589 bits per heavy atom. The van der Waals surface area contributed by atoms with Crippen LogP contribution in [0.4, 0.5) is 32.0 Å². The molecule has 6 fully saturated rings. The van der Waals surface area contributed by atoms with Gasteiger partial charge in [-0.1, -0.05) is 142 Å². The van der Waals surface area contributed by atoms with Crippen LogP contribution in [0.25, 0.3) is 0 Å². The van der Waals surface area contributed by atoms with Gasteiger partial charge in [0, 0.05) is 60.0 Å². The molecule has 6 aliphatic heterocycles. The Labute approximate surface area is 682 Å². The zero-order valence-electron chi connectivity index (χ0n) is 68.5. The zero-order chi connectivity index (χ0) is 86.7. The van der Waals surface area contributed by atoms with E-state index in [-0.39, 0.29) is 106 Å². The Hall–Kier alpha value is -7.07. The topological polar surface area (TPSA) is 352 Å². The van der Waals surface area contributed by atoms with Crippen LogP contribution in [0.15, 0.2) is 65.7 Å². The molecule has 0 saturated carbocycles. The Morgan fingerprint density at radius 2 is 1.04 bits per heavy atom. The molecule has 3 aromatic carbocycles. The standard InChI is InChI=1S/C16H18F3NO3.C11H17NO2.C10H12I2O.C10H14O2.C9H15F2NO2.2C9H15NO2.C8H12FNO2/c1-4-14(2)9-12(21)20(13(14)22)11-7-5-10(6-8-11)15(3,23)16(17,18)19;1-5-11(4)6-8(7(2)3)9(13)12-10(11)14;1-3-6(2)7-4-8(11)10(13)9(12)5-7;1-3-7(2)8-4-9(11)6-10(12)5-8;1-4-7(2)5-9(10,11)8(3,14)12-6(7)13;1-4-9(3)5-6(2)7(11)10-8(9)12;1-3-6(2)7-4-5-8(11)10-9(7)12;1-3-8(2)4-5(9)6(11)10-7(8)12/h5-8,23H,4,9H2,1-3H3;5-6H2,1-4H3,(H,12,13,14);4-6,13H,3H2,1-2H3;4-7,11-12H,3H2,1-2H3;14H,4-5H2,1-3H3,(H,12,13);6H,4-5H2,1-3H3,(H,10,11,12);6-7H,3-5H2,1-2H3,(H,10,11,12);5H,3-4H2,1-2H3,(H,10,11,12). The second-order valence-corrected chi connectivity index (χ2v) is 34.2. The summed E-state index contributed by atoms with van der Waals surface area (Å²) in [6.07, 6.45) is 1.61. The fourth-order valence-corrected chi connectivity index (χ4v) is 13.9. The molecule has 10 N–H and O–H groups in total. The molecule has 0 spiro atoms. The number of phenols is 3. The van der Waals surface area contributed by atoms with E-state index in [2.05, 4.69) is 115 Å². The van der Waals surface area contributed by atoms with E-state index in [9.17, 15) is 105 Å². The average Bonchev–Trinajstić information content (AvgIpc) is 1.06. The van der Waals surface area contributed by atoms with Crippen LogP contribution in [0.3, 0.4) is 0 Å². The van der Waals surface area contributed by atoms with Crippen molar-refractivity contribution in [1.82, 2.24) is 26.6 Å². The van der Waals surface area contributed by atoms with E-state index in [1.807, 2.05) is 66.0 Å². The van der Waals surface area contributed by atoms with E-state index < -0.39 is 69.5 Å². The number of hydrogen-bond acceptors (Lipinski definition) is 16. The number of aromatic hydroxyl groups is 3. The van der Waals surface area contributed by atoms with Gasteiger partial charge in [0.1, 0.15) is 17.2 Å². The van der Waals surface area contributed by atoms with Gasteiger partial charge in [-0.15, -0.1) is 0 Å². The van der Waals surface area contributed by atoms with E-state index in [4.69, 9.17) is 0 Å². The van der Waals surface area contributed by atoms with Gasteiger partial charge in [-0.3, -0.25) is 78.9 Å². The van der Waals surface area contributed by atoms with Gasteiger partial charge < -0.3 is 30.8 Å². The summed E-state index contributed by atoms with van der Waals surface area (Å²) in [5.74, 6) is -4.50. The average molecular weight is 1810 g/mol. The number of anilines is 1. The normalized spacial score (nSPS) is 27.3. The van der Waals surface area contributed by atoms with Crippen molar-refractivity contribution in [2.75, 3.05) is 4.90 Å². The number of hydrogen-bond donors (Lipinski definition) is 10. The summed E-state index contributed by atoms with van der Waals surface area (Å²) in [5.41, 5.74) is -4.88. The van der Waals surface area contributed by atoms with Crippen molar-refractivity contribution in [3.05, 3.63) is 89.6 Å². The summed E-state index contributed by atoms with van der Waals surface area (Å²) in [5, 5.41) is 58.0. The molecule has 13 atom stereocenters. The van der Waals surface area contributed by atoms with Crippen LogP contribution in [0.2, 0.25) is 0 Å². The molecule has 0 bridgehead atoms. The number of alkyl halides is 6. The van der Waals surface area contributed by atoms with Crippen molar-refractivity contribution in [2.45, 2.75) is 283 Å². The lowest BCUT2D eigenvalue weighted by molar-refractivity contribution is -0.258. The molecule has 6 saturated heterocycles. The maximum absolute atomic E-state index is 13.4. The highest BCUT2D eigenvalue weighted by Crippen LogP contribution is 2.46. The SMILES string of the molecule is CCC(C)C1CCC(=O)NC1=O.CCC(C)c1cc(I)c(O)c(I)c1.CCC(C)c1cc(O)cc(O)c1.CCC1(C)CC(=C(C)C)C(=O)NC1=O.CCC1(C)CC(=O)N(c2ccc(C(C)(O)C(F)(F)F)cc2)C1=O.CCC1(C)CC(C)C(=O)NC1=O.CCC1(C)CC(F)(F)C(C)(O)NC1=O.CCC1(C)CC(F)C(=O)NC1=O. The zero-order valence-corrected chi connectivity index (χ0v) is 72.8. The third kappa shape index (κ3) is 26.2. The highest BCUT2D eigenvalue weighted by atomic mass is 127. The highest BCUT2D eigenvalue weighted by Gasteiger charge is 2.60. The lowest BCUT2D eigenvalue weighted by Crippen LogP contribution is -2.67. The number of rotatable bonds is 13. The van der Waals surface area contributed by atoms with Crippen LogP contribution in [0.5, 0.6) is 17.2 Å². The van der Waals surface area contributed by atoms with Gasteiger partial charge in [-0.05, 0) is 208 Å². The highest BCUT2D eigenvalue weighted by molar-refractivity contribution is 14.1. The van der Waals surface area contributed by atoms with Crippen molar-refractivity contribution >= 4 is 116 Å². The minimum Gasteiger partial charge on any atom is -0.508 e. The van der Waals surface area contributed by atoms with E-state index in [1.54, 1.807) is 39.8 Å². The molecule has 0 aliphatic carbocycles. The van der Waals surface area contributed by atoms with Gasteiger partial charge in [-0.25, -0.2) is 13.2 Å². The number of halogens is 8. The molecular weight excluding hydrogens is 1690 g/mol. The molecule has 11 amide bonds. The summed E-state index contributed by atoms with van der Waals surface area (Å²) in [7, 11) is 0. The molecule has 6 heterocycles. The van der Waals surface area contributed by atoms with Crippen molar-refractivity contribution < 1.29 is 105 Å². The van der Waals surface area contributed by atoms with Crippen LogP contribution in [-0.4, -0.2) is 115 Å². The number of phenolic OH excluding ortho intramolecular Hbond substituents is 3. The molecule has 6 aliphatic rings. The van der Waals surface area contributed by atoms with Gasteiger partial charge in [0.15, 0.2) is 17.5 Å². The van der Waals surface area contributed by atoms with Gasteiger partial charge in [0.25, 0.3) is 17.7 Å². The first kappa shape index (κ1) is 101. The van der Waals surface area contributed by atoms with Crippen LogP contribution in [0, 0.1) is 52.0 Å². The smallest absolute Gasteiger partial charge is 0.421 e. The number of allylic oxidation sites excluding steroid dienone is 1. The lowest BCUT2D eigenvalue weighted by Gasteiger charge is -2.45. The predicted octanol–water partition coefficient (Wildman–Crippen LogP) is 15.9. The number of amides is 11. The Morgan fingerprint density at radius 3 is 1.46 bits per heavy atom. The number of nitrogens with zero attached hydrogens (tertiary/aromatic N) is 1. The summed E-state index contributed by atoms with van der Waals surface area (Å²) >= 11 is 4.34. The number of piperidine rings is 5. The fourth-order valence-electron chi connectivity index (χ4n) is 12.1. The first-order chi connectivity index (χ1) is 51.3. The quantitative estimate of drug-likeness (QED) is 0.0329. The van der Waals surface area contributed by atoms with Crippen molar-refractivity contribution in [1.29, 1.82) is 0 Å². The molecule has 0 aromatic heterocycles. The van der Waals surface area contributed by atoms with Crippen molar-refractivity contribution in [2.24, 2.45) is 44.8 Å². The maximum Gasteiger partial charge on any atom is 0.421 e. The molecule has 112 heavy (non-hydrogen) atoms. The second-order valence-electron chi connectivity index (χ2n) is 31.8. The number of nitrogens with one attached hydrogen (secondary N) is 5. The minimum atomic E-state index is -4.82. The Bertz CT molecular complexity index is 3820. The fraction of sp³-hybridized carbons (Fsp3) is 0.622. The van der Waals surface area contributed by atoms with E-state index >= 15 is 0 Å². The van der Waals surface area contributed by atoms with Crippen LogP contribution >= 0.6 is 45.2 Å². The molecule has 0 radical (unpaired) electrons. The van der Waals surface area contributed by atoms with Crippen molar-refractivity contribution in [3.8, 4) is 17.2 Å². The first-order valence-electron chi connectivity index (χ1n) is 37.9.